The van der Waals surface area contributed by atoms with Crippen LogP contribution in [0.3, 0.4) is 0 Å². The van der Waals surface area contributed by atoms with Crippen LogP contribution in [0.25, 0.3) is 0 Å². The first-order chi connectivity index (χ1) is 14.8. The molecule has 4 rings (SSSR count). The molecule has 2 aromatic carbocycles. The highest BCUT2D eigenvalue weighted by atomic mass is 32.2. The molecular formula is C22H21N3O4S2. The van der Waals surface area contributed by atoms with Gasteiger partial charge in [0.2, 0.25) is 10.0 Å². The number of carbonyl (C=O) groups is 1. The number of nitrogens with one attached hydrogen (secondary N) is 1. The third kappa shape index (κ3) is 4.78. The van der Waals surface area contributed by atoms with Crippen LogP contribution in [-0.4, -0.2) is 38.4 Å². The Morgan fingerprint density at radius 1 is 1.16 bits per heavy atom. The molecule has 0 saturated heterocycles. The predicted octanol–water partition coefficient (Wildman–Crippen LogP) is 4.12. The largest absolute Gasteiger partial charge is 0.497 e. The minimum absolute atomic E-state index is 0.170. The van der Waals surface area contributed by atoms with Crippen LogP contribution in [-0.2, 0) is 10.0 Å². The van der Waals surface area contributed by atoms with Gasteiger partial charge in [0.25, 0.3) is 5.91 Å². The van der Waals surface area contributed by atoms with Crippen molar-refractivity contribution in [1.29, 1.82) is 0 Å². The molecule has 3 aromatic rings. The number of nitrogens with zero attached hydrogens (tertiary/aromatic N) is 2. The molecule has 1 aromatic heterocycles. The number of ether oxygens (including phenoxy) is 1. The number of hydrogen-bond donors (Lipinski definition) is 1. The first-order valence-corrected chi connectivity index (χ1v) is 12.3. The van der Waals surface area contributed by atoms with Gasteiger partial charge in [0.15, 0.2) is 0 Å². The van der Waals surface area contributed by atoms with Gasteiger partial charge in [-0.1, -0.05) is 30.3 Å². The minimum atomic E-state index is -3.40. The average Bonchev–Trinajstić information content (AvgIpc) is 3.43. The number of sulfonamides is 1. The summed E-state index contributed by atoms with van der Waals surface area (Å²) < 4.78 is 30.9. The number of hydrogen-bond acceptors (Lipinski definition) is 6. The third-order valence-corrected chi connectivity index (χ3v) is 6.31. The number of thiophene rings is 1. The Morgan fingerprint density at radius 2 is 1.94 bits per heavy atom. The van der Waals surface area contributed by atoms with Crippen LogP contribution < -0.4 is 9.46 Å². The van der Waals surface area contributed by atoms with E-state index in [0.29, 0.717) is 22.7 Å². The van der Waals surface area contributed by atoms with Crippen molar-refractivity contribution in [2.45, 2.75) is 12.5 Å². The molecule has 9 heteroatoms. The Balaban J connectivity index is 1.70. The lowest BCUT2D eigenvalue weighted by Gasteiger charge is -2.21. The molecule has 0 radical (unpaired) electrons. The molecule has 1 atom stereocenters. The zero-order valence-electron chi connectivity index (χ0n) is 17.0. The summed E-state index contributed by atoms with van der Waals surface area (Å²) >= 11 is 1.37. The summed E-state index contributed by atoms with van der Waals surface area (Å²) in [5.74, 6) is 0.565. The second kappa shape index (κ2) is 8.52. The highest BCUT2D eigenvalue weighted by Crippen LogP contribution is 2.35. The molecule has 2 heterocycles. The number of carbonyl (C=O) groups excluding carboxylic acids is 1. The van der Waals surface area contributed by atoms with Gasteiger partial charge in [-0.3, -0.25) is 9.52 Å². The van der Waals surface area contributed by atoms with Crippen LogP contribution in [0.2, 0.25) is 0 Å². The Kier molecular flexibility index (Phi) is 5.79. The summed E-state index contributed by atoms with van der Waals surface area (Å²) in [6.45, 7) is 0. The summed E-state index contributed by atoms with van der Waals surface area (Å²) in [5, 5.41) is 8.02. The quantitative estimate of drug-likeness (QED) is 0.606. The van der Waals surface area contributed by atoms with E-state index in [0.717, 1.165) is 23.1 Å². The van der Waals surface area contributed by atoms with Crippen molar-refractivity contribution in [3.05, 3.63) is 82.0 Å². The van der Waals surface area contributed by atoms with E-state index in [1.165, 1.54) is 16.3 Å². The van der Waals surface area contributed by atoms with E-state index in [1.54, 1.807) is 31.4 Å². The molecule has 0 fully saturated rings. The van der Waals surface area contributed by atoms with Gasteiger partial charge < -0.3 is 4.74 Å². The Morgan fingerprint density at radius 3 is 2.58 bits per heavy atom. The number of benzene rings is 2. The molecule has 1 N–H and O–H groups in total. The van der Waals surface area contributed by atoms with Crippen molar-refractivity contribution in [1.82, 2.24) is 5.01 Å². The summed E-state index contributed by atoms with van der Waals surface area (Å²) in [7, 11) is -1.79. The zero-order chi connectivity index (χ0) is 22.0. The molecule has 0 aliphatic carbocycles. The molecule has 1 aliphatic heterocycles. The van der Waals surface area contributed by atoms with E-state index in [9.17, 15) is 13.2 Å². The van der Waals surface area contributed by atoms with E-state index < -0.39 is 10.0 Å². The topological polar surface area (TPSA) is 88.1 Å². The van der Waals surface area contributed by atoms with Crippen molar-refractivity contribution in [3.63, 3.8) is 0 Å². The van der Waals surface area contributed by atoms with E-state index in [2.05, 4.69) is 9.82 Å². The maximum atomic E-state index is 13.2. The van der Waals surface area contributed by atoms with Gasteiger partial charge in [-0.25, -0.2) is 13.4 Å². The lowest BCUT2D eigenvalue weighted by molar-refractivity contribution is 0.0716. The van der Waals surface area contributed by atoms with Crippen LogP contribution in [0, 0.1) is 0 Å². The van der Waals surface area contributed by atoms with Crippen molar-refractivity contribution in [2.75, 3.05) is 18.1 Å². The number of amides is 1. The fourth-order valence-electron chi connectivity index (χ4n) is 3.45. The molecule has 0 saturated carbocycles. The number of hydrazone groups is 1. The standard InChI is InChI=1S/C22H21N3O4S2/c1-29-18-10-8-15(9-11-18)20-14-19(23-25(20)22(26)21-7-4-12-30-21)16-5-3-6-17(13-16)24-31(2,27)28/h3-13,20,24H,14H2,1-2H3. The minimum Gasteiger partial charge on any atom is -0.497 e. The number of methoxy groups -OCH3 is 1. The summed E-state index contributed by atoms with van der Waals surface area (Å²) in [6, 6.07) is 17.9. The van der Waals surface area contributed by atoms with E-state index >= 15 is 0 Å². The molecule has 1 unspecified atom stereocenters. The Bertz CT molecular complexity index is 1220. The summed E-state index contributed by atoms with van der Waals surface area (Å²) in [5.41, 5.74) is 2.86. The van der Waals surface area contributed by atoms with Gasteiger partial charge >= 0.3 is 0 Å². The molecular weight excluding hydrogens is 434 g/mol. The van der Waals surface area contributed by atoms with E-state index in [4.69, 9.17) is 4.74 Å². The van der Waals surface area contributed by atoms with E-state index in [1.807, 2.05) is 41.8 Å². The zero-order valence-corrected chi connectivity index (χ0v) is 18.6. The average molecular weight is 456 g/mol. The fraction of sp³-hybridized carbons (Fsp3) is 0.182. The van der Waals surface area contributed by atoms with Crippen LogP contribution >= 0.6 is 11.3 Å². The molecule has 1 amide bonds. The maximum Gasteiger partial charge on any atom is 0.284 e. The monoisotopic (exact) mass is 455 g/mol. The second-order valence-electron chi connectivity index (χ2n) is 7.12. The second-order valence-corrected chi connectivity index (χ2v) is 9.82. The van der Waals surface area contributed by atoms with Gasteiger partial charge in [-0.15, -0.1) is 11.3 Å². The SMILES string of the molecule is COc1ccc(C2CC(c3cccc(NS(C)(=O)=O)c3)=NN2C(=O)c2cccs2)cc1. The lowest BCUT2D eigenvalue weighted by atomic mass is 9.98. The van der Waals surface area contributed by atoms with Crippen LogP contribution in [0.1, 0.15) is 33.3 Å². The maximum absolute atomic E-state index is 13.2. The number of rotatable bonds is 6. The Hall–Kier alpha value is -3.17. The molecule has 7 nitrogen and oxygen atoms in total. The smallest absolute Gasteiger partial charge is 0.284 e. The van der Waals surface area contributed by atoms with Crippen molar-refractivity contribution < 1.29 is 17.9 Å². The Labute approximate surface area is 185 Å². The van der Waals surface area contributed by atoms with Gasteiger partial charge in [0.1, 0.15) is 5.75 Å². The van der Waals surface area contributed by atoms with E-state index in [-0.39, 0.29) is 11.9 Å². The molecule has 1 aliphatic rings. The highest BCUT2D eigenvalue weighted by molar-refractivity contribution is 7.92. The molecule has 160 valence electrons. The molecule has 31 heavy (non-hydrogen) atoms. The number of anilines is 1. The van der Waals surface area contributed by atoms with Crippen molar-refractivity contribution >= 4 is 38.7 Å². The van der Waals surface area contributed by atoms with Gasteiger partial charge in [-0.2, -0.15) is 5.10 Å². The summed E-state index contributed by atoms with van der Waals surface area (Å²) in [6.07, 6.45) is 1.61. The first-order valence-electron chi connectivity index (χ1n) is 9.51. The predicted molar refractivity (Wildman–Crippen MR) is 122 cm³/mol. The fourth-order valence-corrected chi connectivity index (χ4v) is 4.66. The highest BCUT2D eigenvalue weighted by Gasteiger charge is 2.34. The normalized spacial score (nSPS) is 16.1. The van der Waals surface area contributed by atoms with Crippen LogP contribution in [0.5, 0.6) is 5.75 Å². The van der Waals surface area contributed by atoms with Crippen LogP contribution in [0.15, 0.2) is 71.1 Å². The summed E-state index contributed by atoms with van der Waals surface area (Å²) in [4.78, 5) is 13.8. The van der Waals surface area contributed by atoms with Gasteiger partial charge in [0, 0.05) is 12.1 Å². The van der Waals surface area contributed by atoms with Crippen LogP contribution in [0.4, 0.5) is 5.69 Å². The van der Waals surface area contributed by atoms with Gasteiger partial charge in [-0.05, 0) is 46.8 Å². The lowest BCUT2D eigenvalue weighted by Crippen LogP contribution is -2.26. The molecule has 0 bridgehead atoms. The van der Waals surface area contributed by atoms with Crippen molar-refractivity contribution in [2.24, 2.45) is 5.10 Å². The third-order valence-electron chi connectivity index (χ3n) is 4.85. The first kappa shape index (κ1) is 21.1. The van der Waals surface area contributed by atoms with Crippen molar-refractivity contribution in [3.8, 4) is 5.75 Å². The molecule has 0 spiro atoms. The van der Waals surface area contributed by atoms with Gasteiger partial charge in [0.05, 0.1) is 30.0 Å².